The Kier molecular flexibility index (Phi) is 7.33. The van der Waals surface area contributed by atoms with Gasteiger partial charge in [0.1, 0.15) is 0 Å². The van der Waals surface area contributed by atoms with Crippen molar-refractivity contribution < 1.29 is 8.42 Å². The predicted molar refractivity (Wildman–Crippen MR) is 80.4 cm³/mol. The maximum absolute atomic E-state index is 11.5. The second kappa shape index (κ2) is 7.37. The Bertz CT molecular complexity index is 358. The summed E-state index contributed by atoms with van der Waals surface area (Å²) in [7, 11) is 0.378. The Labute approximate surface area is 120 Å². The van der Waals surface area contributed by atoms with Crippen LogP contribution in [0.25, 0.3) is 0 Å². The molecule has 0 aromatic carbocycles. The summed E-state index contributed by atoms with van der Waals surface area (Å²) in [6.07, 6.45) is 3.09. The first-order valence-electron chi connectivity index (χ1n) is 5.34. The summed E-state index contributed by atoms with van der Waals surface area (Å²) in [4.78, 5) is 3.98. The van der Waals surface area contributed by atoms with Crippen LogP contribution in [0.5, 0.6) is 0 Å². The molecule has 0 unspecified atom stereocenters. The first-order chi connectivity index (χ1) is 7.49. The summed E-state index contributed by atoms with van der Waals surface area (Å²) in [5.74, 6) is 0.681. The largest absolute Gasteiger partial charge is 0.359 e. The average Bonchev–Trinajstić information content (AvgIpc) is 2.67. The highest BCUT2D eigenvalue weighted by molar-refractivity contribution is 14.0. The lowest BCUT2D eigenvalue weighted by Gasteiger charge is -2.22. The molecule has 1 aliphatic heterocycles. The molecule has 0 aromatic heterocycles. The van der Waals surface area contributed by atoms with Crippen molar-refractivity contribution in [1.82, 2.24) is 14.9 Å². The summed E-state index contributed by atoms with van der Waals surface area (Å²) in [6.45, 7) is 1.23. The smallest absolute Gasteiger partial charge is 0.211 e. The van der Waals surface area contributed by atoms with Crippen molar-refractivity contribution in [3.05, 3.63) is 0 Å². The molecule has 0 saturated carbocycles. The third-order valence-corrected chi connectivity index (χ3v) is 4.05. The monoisotopic (exact) mass is 376 g/mol. The summed E-state index contributed by atoms with van der Waals surface area (Å²) < 4.78 is 24.5. The Balaban J connectivity index is 0.00000256. The van der Waals surface area contributed by atoms with Gasteiger partial charge in [-0.25, -0.2) is 8.42 Å². The molecular formula is C9H21IN4O2S. The fourth-order valence-corrected chi connectivity index (χ4v) is 3.13. The van der Waals surface area contributed by atoms with E-state index in [1.807, 2.05) is 0 Å². The summed E-state index contributed by atoms with van der Waals surface area (Å²) in [5.41, 5.74) is 0. The third-order valence-electron chi connectivity index (χ3n) is 2.71. The summed E-state index contributed by atoms with van der Waals surface area (Å²) in [5, 5.41) is 6.00. The zero-order valence-electron chi connectivity index (χ0n) is 10.4. The molecule has 102 valence electrons. The van der Waals surface area contributed by atoms with E-state index in [1.165, 1.54) is 6.26 Å². The first kappa shape index (κ1) is 16.9. The molecule has 0 radical (unpaired) electrons. The normalized spacial score (nSPS) is 22.1. The highest BCUT2D eigenvalue weighted by atomic mass is 127. The van der Waals surface area contributed by atoms with Crippen molar-refractivity contribution in [2.45, 2.75) is 18.9 Å². The number of nitrogens with one attached hydrogen (secondary N) is 2. The van der Waals surface area contributed by atoms with Gasteiger partial charge in [0.15, 0.2) is 5.96 Å². The van der Waals surface area contributed by atoms with Crippen molar-refractivity contribution in [2.75, 3.05) is 33.4 Å². The number of rotatable bonds is 3. The van der Waals surface area contributed by atoms with Crippen LogP contribution in [-0.2, 0) is 10.0 Å². The van der Waals surface area contributed by atoms with Crippen molar-refractivity contribution in [2.24, 2.45) is 4.99 Å². The molecule has 1 rings (SSSR count). The molecule has 1 aliphatic rings. The quantitative estimate of drug-likeness (QED) is 0.407. The molecule has 0 bridgehead atoms. The molecule has 1 saturated heterocycles. The van der Waals surface area contributed by atoms with Crippen LogP contribution in [0.15, 0.2) is 4.99 Å². The number of nitrogens with zero attached hydrogens (tertiary/aromatic N) is 2. The van der Waals surface area contributed by atoms with Crippen molar-refractivity contribution in [3.63, 3.8) is 0 Å². The van der Waals surface area contributed by atoms with Crippen molar-refractivity contribution >= 4 is 40.0 Å². The molecule has 0 aliphatic carbocycles. The third kappa shape index (κ3) is 4.96. The second-order valence-corrected chi connectivity index (χ2v) is 5.81. The van der Waals surface area contributed by atoms with Crippen molar-refractivity contribution in [1.29, 1.82) is 0 Å². The molecule has 1 heterocycles. The van der Waals surface area contributed by atoms with Crippen LogP contribution in [0, 0.1) is 0 Å². The minimum atomic E-state index is -3.08. The second-order valence-electron chi connectivity index (χ2n) is 3.87. The molecule has 8 heteroatoms. The van der Waals surface area contributed by atoms with E-state index in [1.54, 1.807) is 18.4 Å². The van der Waals surface area contributed by atoms with E-state index in [9.17, 15) is 8.42 Å². The van der Waals surface area contributed by atoms with Gasteiger partial charge in [0.2, 0.25) is 10.0 Å². The van der Waals surface area contributed by atoms with Gasteiger partial charge in [-0.1, -0.05) is 0 Å². The fraction of sp³-hybridized carbons (Fsp3) is 0.889. The zero-order chi connectivity index (χ0) is 12.2. The van der Waals surface area contributed by atoms with Gasteiger partial charge in [-0.05, 0) is 12.8 Å². The van der Waals surface area contributed by atoms with E-state index >= 15 is 0 Å². The van der Waals surface area contributed by atoms with Crippen molar-refractivity contribution in [3.8, 4) is 0 Å². The number of sulfonamides is 1. The van der Waals surface area contributed by atoms with Crippen LogP contribution < -0.4 is 10.6 Å². The molecule has 1 atom stereocenters. The van der Waals surface area contributed by atoms with Gasteiger partial charge in [-0.3, -0.25) is 4.99 Å². The molecule has 1 fully saturated rings. The van der Waals surface area contributed by atoms with E-state index in [4.69, 9.17) is 0 Å². The number of halogens is 1. The number of guanidine groups is 1. The summed E-state index contributed by atoms with van der Waals surface area (Å²) in [6, 6.07) is 0.0418. The Hall–Kier alpha value is -0.0900. The van der Waals surface area contributed by atoms with Crippen LogP contribution in [-0.4, -0.2) is 58.2 Å². The molecule has 6 nitrogen and oxygen atoms in total. The minimum Gasteiger partial charge on any atom is -0.359 e. The van der Waals surface area contributed by atoms with E-state index < -0.39 is 10.0 Å². The first-order valence-corrected chi connectivity index (χ1v) is 7.19. The van der Waals surface area contributed by atoms with Crippen LogP contribution >= 0.6 is 24.0 Å². The molecular weight excluding hydrogens is 355 g/mol. The minimum absolute atomic E-state index is 0. The van der Waals surface area contributed by atoms with Crippen LogP contribution in [0.1, 0.15) is 12.8 Å². The number of hydrogen-bond donors (Lipinski definition) is 2. The summed E-state index contributed by atoms with van der Waals surface area (Å²) >= 11 is 0. The standard InChI is InChI=1S/C9H20N4O2S.HI/c1-10-9(11-2)12-7-8-5-4-6-13(8)16(3,14)15;/h8H,4-7H2,1-3H3,(H2,10,11,12);1H/t8-;/m1./s1. The highest BCUT2D eigenvalue weighted by Crippen LogP contribution is 2.19. The Morgan fingerprint density at radius 2 is 2.18 bits per heavy atom. The Morgan fingerprint density at radius 1 is 1.53 bits per heavy atom. The van der Waals surface area contributed by atoms with E-state index in [2.05, 4.69) is 15.6 Å². The van der Waals surface area contributed by atoms with E-state index in [-0.39, 0.29) is 30.0 Å². The fourth-order valence-electron chi connectivity index (χ4n) is 1.94. The van der Waals surface area contributed by atoms with Gasteiger partial charge >= 0.3 is 0 Å². The molecule has 0 spiro atoms. The van der Waals surface area contributed by atoms with Crippen LogP contribution in [0.3, 0.4) is 0 Å². The predicted octanol–water partition coefficient (Wildman–Crippen LogP) is -0.177. The van der Waals surface area contributed by atoms with Gasteiger partial charge in [0, 0.05) is 33.2 Å². The maximum Gasteiger partial charge on any atom is 0.211 e. The van der Waals surface area contributed by atoms with E-state index in [0.29, 0.717) is 19.0 Å². The van der Waals surface area contributed by atoms with Gasteiger partial charge in [0.25, 0.3) is 0 Å². The lowest BCUT2D eigenvalue weighted by atomic mass is 10.2. The van der Waals surface area contributed by atoms with Gasteiger partial charge in [0.05, 0.1) is 6.26 Å². The lowest BCUT2D eigenvalue weighted by Crippen LogP contribution is -2.45. The Morgan fingerprint density at radius 3 is 2.65 bits per heavy atom. The average molecular weight is 376 g/mol. The molecule has 0 aromatic rings. The molecule has 0 amide bonds. The van der Waals surface area contributed by atoms with Crippen LogP contribution in [0.4, 0.5) is 0 Å². The maximum atomic E-state index is 11.5. The van der Waals surface area contributed by atoms with Gasteiger partial charge < -0.3 is 10.6 Å². The van der Waals surface area contributed by atoms with Gasteiger partial charge in [-0.15, -0.1) is 24.0 Å². The lowest BCUT2D eigenvalue weighted by molar-refractivity contribution is 0.387. The topological polar surface area (TPSA) is 73.8 Å². The SMILES string of the molecule is CN=C(NC)NC[C@H]1CCCN1S(C)(=O)=O.I. The molecule has 2 N–H and O–H groups in total. The number of aliphatic imine (C=N–C) groups is 1. The van der Waals surface area contributed by atoms with Gasteiger partial charge in [-0.2, -0.15) is 4.31 Å². The van der Waals surface area contributed by atoms with E-state index in [0.717, 1.165) is 12.8 Å². The van der Waals surface area contributed by atoms with Crippen LogP contribution in [0.2, 0.25) is 0 Å². The molecule has 17 heavy (non-hydrogen) atoms. The highest BCUT2D eigenvalue weighted by Gasteiger charge is 2.31. The zero-order valence-corrected chi connectivity index (χ0v) is 13.6. The number of hydrogen-bond acceptors (Lipinski definition) is 3.